The molecule has 3 aromatic heterocycles. The van der Waals surface area contributed by atoms with Gasteiger partial charge in [-0.15, -0.1) is 0 Å². The summed E-state index contributed by atoms with van der Waals surface area (Å²) in [5.41, 5.74) is 9.02. The van der Waals surface area contributed by atoms with Gasteiger partial charge in [0.2, 0.25) is 0 Å². The van der Waals surface area contributed by atoms with E-state index < -0.39 is 11.6 Å². The highest BCUT2D eigenvalue weighted by Gasteiger charge is 2.45. The number of phenolic OH excluding ortho intramolecular Hbond substituents is 2. The topological polar surface area (TPSA) is 174 Å². The fraction of sp³-hybridized carbons (Fsp3) is 0.340. The van der Waals surface area contributed by atoms with Gasteiger partial charge in [0, 0.05) is 65.6 Å². The number of aryl methyl sites for hydroxylation is 2. The number of aromatic amines is 1. The van der Waals surface area contributed by atoms with Gasteiger partial charge in [-0.05, 0) is 77.8 Å². The maximum absolute atomic E-state index is 13.8. The number of nitrogens with one attached hydrogen (secondary N) is 1. The Morgan fingerprint density at radius 2 is 1.77 bits per heavy atom. The molecule has 4 N–H and O–H groups in total. The average Bonchev–Trinajstić information content (AvgIpc) is 3.81. The quantitative estimate of drug-likeness (QED) is 0.119. The standard InChI is InChI=1S/C47H47N6O7/c1-6-30-32-16-29(12-13-37(32)48-43-34(30)21-53-38(43)18-36-35(45(53)57)23-60-46(58)47(36,59)7-2)39-22-51(14-15-52(39)24-54)20-27-8-10-28(11-9-27)42-26(5)49-50-44(42)33-17-31(25(3)4)40(55)19-41(33)56/h8-13,16-19,25,39,55-56,59H,6-7,14-15,20-23H2,1-5H3,(H,49,50)/t39-,47?/m1/s1. The molecule has 1 unspecified atom stereocenters. The smallest absolute Gasteiger partial charge is 0.343 e. The third-order valence-corrected chi connectivity index (χ3v) is 12.8. The predicted octanol–water partition coefficient (Wildman–Crippen LogP) is 6.47. The Morgan fingerprint density at radius 3 is 2.48 bits per heavy atom. The third-order valence-electron chi connectivity index (χ3n) is 12.8. The number of cyclic esters (lactones) is 1. The number of amides is 1. The summed E-state index contributed by atoms with van der Waals surface area (Å²) in [6, 6.07) is 19.1. The zero-order valence-electron chi connectivity index (χ0n) is 34.3. The van der Waals surface area contributed by atoms with E-state index in [0.29, 0.717) is 61.8 Å². The van der Waals surface area contributed by atoms with Crippen LogP contribution in [0.15, 0.2) is 65.5 Å². The summed E-state index contributed by atoms with van der Waals surface area (Å²) in [7, 11) is 0. The molecule has 307 valence electrons. The van der Waals surface area contributed by atoms with Gasteiger partial charge in [0.05, 0.1) is 35.1 Å². The van der Waals surface area contributed by atoms with Gasteiger partial charge in [0.1, 0.15) is 23.8 Å². The number of rotatable bonds is 9. The van der Waals surface area contributed by atoms with Gasteiger partial charge < -0.3 is 29.5 Å². The highest BCUT2D eigenvalue weighted by molar-refractivity contribution is 5.90. The minimum atomic E-state index is -1.90. The summed E-state index contributed by atoms with van der Waals surface area (Å²) in [4.78, 5) is 48.0. The average molecular weight is 808 g/mol. The Balaban J connectivity index is 0.989. The van der Waals surface area contributed by atoms with Gasteiger partial charge in [0.25, 0.3) is 5.56 Å². The van der Waals surface area contributed by atoms with Gasteiger partial charge in [0.15, 0.2) is 5.60 Å². The van der Waals surface area contributed by atoms with Crippen LogP contribution in [0.3, 0.4) is 0 Å². The van der Waals surface area contributed by atoms with Crippen LogP contribution in [0.1, 0.15) is 90.7 Å². The van der Waals surface area contributed by atoms with Crippen molar-refractivity contribution < 1.29 is 29.6 Å². The number of phenols is 2. The van der Waals surface area contributed by atoms with Crippen LogP contribution in [-0.4, -0.2) is 76.9 Å². The number of hydrogen-bond donors (Lipinski definition) is 4. The van der Waals surface area contributed by atoms with Crippen LogP contribution in [0.2, 0.25) is 0 Å². The molecule has 9 rings (SSSR count). The van der Waals surface area contributed by atoms with Crippen molar-refractivity contribution in [3.63, 3.8) is 0 Å². The Bertz CT molecular complexity index is 2790. The molecule has 13 heteroatoms. The number of esters is 1. The van der Waals surface area contributed by atoms with Crippen molar-refractivity contribution in [1.82, 2.24) is 29.5 Å². The Kier molecular flexibility index (Phi) is 9.63. The molecule has 3 aliphatic heterocycles. The molecule has 6 aromatic rings. The van der Waals surface area contributed by atoms with Crippen LogP contribution >= 0.6 is 0 Å². The highest BCUT2D eigenvalue weighted by atomic mass is 16.6. The summed E-state index contributed by atoms with van der Waals surface area (Å²) in [5.74, 6) is -0.680. The monoisotopic (exact) mass is 807 g/mol. The molecule has 0 aliphatic carbocycles. The van der Waals surface area contributed by atoms with Crippen molar-refractivity contribution in [1.29, 1.82) is 0 Å². The lowest BCUT2D eigenvalue weighted by molar-refractivity contribution is -0.172. The number of hydrogen-bond acceptors (Lipinski definition) is 10. The van der Waals surface area contributed by atoms with Crippen LogP contribution in [0.25, 0.3) is 44.7 Å². The van der Waals surface area contributed by atoms with E-state index in [2.05, 4.69) is 58.8 Å². The maximum atomic E-state index is 13.8. The van der Waals surface area contributed by atoms with Crippen molar-refractivity contribution in [3.05, 3.63) is 116 Å². The van der Waals surface area contributed by atoms with E-state index in [1.165, 1.54) is 6.07 Å². The zero-order chi connectivity index (χ0) is 42.2. The number of aromatic hydroxyl groups is 2. The molecule has 0 saturated carbocycles. The number of aliphatic hydroxyl groups is 1. The van der Waals surface area contributed by atoms with E-state index in [1.807, 2.05) is 32.9 Å². The molecule has 13 nitrogen and oxygen atoms in total. The van der Waals surface area contributed by atoms with E-state index in [-0.39, 0.29) is 53.2 Å². The molecular formula is C47H47N6O7. The number of piperazine rings is 1. The van der Waals surface area contributed by atoms with Gasteiger partial charge in [-0.25, -0.2) is 9.78 Å². The molecule has 60 heavy (non-hydrogen) atoms. The zero-order valence-corrected chi connectivity index (χ0v) is 34.3. The van der Waals surface area contributed by atoms with Gasteiger partial charge in [-0.2, -0.15) is 5.10 Å². The lowest BCUT2D eigenvalue weighted by atomic mass is 9.86. The van der Waals surface area contributed by atoms with Crippen molar-refractivity contribution >= 4 is 23.3 Å². The Morgan fingerprint density at radius 1 is 0.983 bits per heavy atom. The van der Waals surface area contributed by atoms with Crippen molar-refractivity contribution in [3.8, 4) is 45.3 Å². The molecule has 6 heterocycles. The van der Waals surface area contributed by atoms with Crippen molar-refractivity contribution in [2.45, 2.75) is 84.7 Å². The SMILES string of the molecule is CCc1c2c(nc3ccc([C@H]4CN(Cc5ccc(-c6c(-c7cc(C(C)C)c(O)cc7O)n[nH]c6C)cc5)CCN4[C]=O)cc13)-c1cc3c(c(=O)n1C2)COC(=O)C3(O)CC. The first-order valence-electron chi connectivity index (χ1n) is 20.5. The molecule has 3 aliphatic rings. The van der Waals surface area contributed by atoms with Gasteiger partial charge in [-0.3, -0.25) is 19.6 Å². The largest absolute Gasteiger partial charge is 0.508 e. The van der Waals surface area contributed by atoms with Gasteiger partial charge >= 0.3 is 12.4 Å². The predicted molar refractivity (Wildman–Crippen MR) is 226 cm³/mol. The molecule has 1 saturated heterocycles. The number of benzene rings is 3. The van der Waals surface area contributed by atoms with Crippen molar-refractivity contribution in [2.75, 3.05) is 19.6 Å². The first-order valence-corrected chi connectivity index (χ1v) is 20.5. The molecule has 0 bridgehead atoms. The summed E-state index contributed by atoms with van der Waals surface area (Å²) in [5, 5.41) is 41.2. The van der Waals surface area contributed by atoms with Gasteiger partial charge in [-0.1, -0.05) is 58.0 Å². The number of carbonyl (C=O) groups excluding carboxylic acids is 2. The molecule has 1 radical (unpaired) electrons. The minimum Gasteiger partial charge on any atom is -0.508 e. The number of ether oxygens (including phenoxy) is 1. The molecule has 2 atom stereocenters. The summed E-state index contributed by atoms with van der Waals surface area (Å²) >= 11 is 0. The normalized spacial score (nSPS) is 18.8. The number of pyridine rings is 2. The van der Waals surface area contributed by atoms with Crippen LogP contribution in [0.5, 0.6) is 11.5 Å². The Labute approximate surface area is 346 Å². The molecule has 3 aromatic carbocycles. The van der Waals surface area contributed by atoms with E-state index >= 15 is 0 Å². The van der Waals surface area contributed by atoms with E-state index in [0.717, 1.165) is 55.5 Å². The minimum absolute atomic E-state index is 0.0393. The number of fused-ring (bicyclic) bond motifs is 5. The number of nitrogens with zero attached hydrogens (tertiary/aromatic N) is 5. The first-order chi connectivity index (χ1) is 28.8. The fourth-order valence-corrected chi connectivity index (χ4v) is 9.43. The van der Waals surface area contributed by atoms with Crippen molar-refractivity contribution in [2.24, 2.45) is 0 Å². The van der Waals surface area contributed by atoms with Crippen LogP contribution in [0, 0.1) is 6.92 Å². The van der Waals surface area contributed by atoms with E-state index in [1.54, 1.807) is 28.5 Å². The van der Waals surface area contributed by atoms with E-state index in [4.69, 9.17) is 9.72 Å². The number of aromatic nitrogens is 4. The maximum Gasteiger partial charge on any atom is 0.343 e. The second-order valence-electron chi connectivity index (χ2n) is 16.5. The molecule has 1 amide bonds. The lowest BCUT2D eigenvalue weighted by Crippen LogP contribution is -2.47. The number of H-pyrrole nitrogens is 1. The second kappa shape index (κ2) is 14.8. The fourth-order valence-electron chi connectivity index (χ4n) is 9.43. The first kappa shape index (κ1) is 39.2. The van der Waals surface area contributed by atoms with Crippen LogP contribution < -0.4 is 5.56 Å². The number of carbonyl (C=O) groups is 1. The van der Waals surface area contributed by atoms with E-state index in [9.17, 15) is 29.7 Å². The summed E-state index contributed by atoms with van der Waals surface area (Å²) in [6.45, 7) is 12.3. The summed E-state index contributed by atoms with van der Waals surface area (Å²) in [6.07, 6.45) is 2.94. The van der Waals surface area contributed by atoms with Crippen LogP contribution in [-0.2, 0) is 46.0 Å². The third kappa shape index (κ3) is 6.17. The highest BCUT2D eigenvalue weighted by Crippen LogP contribution is 2.43. The van der Waals surface area contributed by atoms with Crippen LogP contribution in [0.4, 0.5) is 0 Å². The Hall–Kier alpha value is -6.31. The second-order valence-corrected chi connectivity index (χ2v) is 16.5. The molecular weight excluding hydrogens is 761 g/mol. The summed E-state index contributed by atoms with van der Waals surface area (Å²) < 4.78 is 6.92. The molecule has 0 spiro atoms. The molecule has 1 fully saturated rings. The lowest BCUT2D eigenvalue weighted by Gasteiger charge is -2.39.